The van der Waals surface area contributed by atoms with E-state index in [-0.39, 0.29) is 0 Å². The summed E-state index contributed by atoms with van der Waals surface area (Å²) in [6, 6.07) is 0. The van der Waals surface area contributed by atoms with E-state index >= 15 is 0 Å². The van der Waals surface area contributed by atoms with Crippen molar-refractivity contribution in [2.24, 2.45) is 0 Å². The molecule has 0 aromatic heterocycles. The van der Waals surface area contributed by atoms with Gasteiger partial charge in [-0.25, -0.2) is 0 Å². The van der Waals surface area contributed by atoms with Crippen LogP contribution in [0.3, 0.4) is 0 Å². The quantitative estimate of drug-likeness (QED) is 0.101. The predicted molar refractivity (Wildman–Crippen MR) is 149 cm³/mol. The Morgan fingerprint density at radius 1 is 0.545 bits per heavy atom. The van der Waals surface area contributed by atoms with Crippen molar-refractivity contribution >= 4 is 15.1 Å². The summed E-state index contributed by atoms with van der Waals surface area (Å²) in [6.07, 6.45) is 31.2. The average molecular weight is 511 g/mol. The summed E-state index contributed by atoms with van der Waals surface area (Å²) in [6.45, 7) is 9.70. The molecule has 0 fully saturated rings. The number of phosphoric acid groups is 1. The second kappa shape index (κ2) is 25.6. The van der Waals surface area contributed by atoms with Crippen LogP contribution >= 0.6 is 15.1 Å². The van der Waals surface area contributed by atoms with Crippen LogP contribution in [0.5, 0.6) is 0 Å². The van der Waals surface area contributed by atoms with Crippen LogP contribution in [0.1, 0.15) is 136 Å². The lowest BCUT2D eigenvalue weighted by atomic mass is 10.1. The molecule has 0 aromatic rings. The summed E-state index contributed by atoms with van der Waals surface area (Å²) in [5.74, 6) is 0. The van der Waals surface area contributed by atoms with Gasteiger partial charge in [0.1, 0.15) is 0 Å². The van der Waals surface area contributed by atoms with E-state index in [1.807, 2.05) is 0 Å². The van der Waals surface area contributed by atoms with Crippen LogP contribution in [-0.2, 0) is 13.6 Å². The summed E-state index contributed by atoms with van der Waals surface area (Å²) in [4.78, 5) is 9.95. The number of rotatable bonds is 23. The van der Waals surface area contributed by atoms with Gasteiger partial charge in [0.15, 0.2) is 0 Å². The van der Waals surface area contributed by atoms with Crippen molar-refractivity contribution in [3.05, 3.63) is 0 Å². The molecule has 202 valence electrons. The number of unbranched alkanes of at least 4 members (excludes halogenated alkanes) is 15. The highest BCUT2D eigenvalue weighted by Crippen LogP contribution is 2.57. The largest absolute Gasteiger partial charge is 0.756 e. The van der Waals surface area contributed by atoms with E-state index in [1.165, 1.54) is 116 Å². The summed E-state index contributed by atoms with van der Waals surface area (Å²) in [5, 5.41) is 0. The van der Waals surface area contributed by atoms with Crippen LogP contribution in [0.2, 0.25) is 0 Å². The number of hydrogen-bond donors (Lipinski definition) is 0. The molecule has 0 spiro atoms. The van der Waals surface area contributed by atoms with Gasteiger partial charge in [-0.15, -0.1) is 0 Å². The van der Waals surface area contributed by atoms with Crippen molar-refractivity contribution in [1.29, 1.82) is 0 Å². The van der Waals surface area contributed by atoms with E-state index < -0.39 is 15.1 Å². The maximum atomic E-state index is 9.95. The van der Waals surface area contributed by atoms with Crippen molar-refractivity contribution in [2.45, 2.75) is 136 Å². The Morgan fingerprint density at radius 3 is 1.00 bits per heavy atom. The molecule has 0 saturated heterocycles. The number of hydrogen-bond acceptors (Lipinski definition) is 4. The Bertz CT molecular complexity index is 384. The van der Waals surface area contributed by atoms with Crippen molar-refractivity contribution in [3.8, 4) is 0 Å². The second-order valence-electron chi connectivity index (χ2n) is 9.91. The van der Waals surface area contributed by atoms with E-state index in [1.54, 1.807) is 18.5 Å². The minimum atomic E-state index is -3.90. The Balaban J connectivity index is 0. The molecule has 0 bridgehead atoms. The first kappa shape index (κ1) is 35.7. The van der Waals surface area contributed by atoms with Crippen molar-refractivity contribution in [1.82, 2.24) is 0 Å². The molecule has 0 amide bonds. The third-order valence-corrected chi connectivity index (χ3v) is 11.7. The minimum Gasteiger partial charge on any atom is -0.756 e. The lowest BCUT2D eigenvalue weighted by Crippen LogP contribution is -2.08. The fourth-order valence-electron chi connectivity index (χ4n) is 4.23. The molecular weight excluding hydrogens is 450 g/mol. The summed E-state index contributed by atoms with van der Waals surface area (Å²) in [7, 11) is -2.46. The first-order chi connectivity index (χ1) is 15.8. The van der Waals surface area contributed by atoms with Crippen molar-refractivity contribution in [3.63, 3.8) is 0 Å². The Morgan fingerprint density at radius 2 is 0.788 bits per heavy atom. The van der Waals surface area contributed by atoms with Crippen LogP contribution < -0.4 is 4.89 Å². The summed E-state index contributed by atoms with van der Waals surface area (Å²) < 4.78 is 17.7. The molecule has 0 atom stereocenters. The van der Waals surface area contributed by atoms with Gasteiger partial charge in [-0.1, -0.05) is 97.8 Å². The molecule has 0 radical (unpaired) electrons. The predicted octanol–water partition coefficient (Wildman–Crippen LogP) is 9.46. The monoisotopic (exact) mass is 510 g/mol. The molecule has 0 aromatic carbocycles. The van der Waals surface area contributed by atoms with Crippen LogP contribution in [0.25, 0.3) is 0 Å². The van der Waals surface area contributed by atoms with Crippen LogP contribution in [0.15, 0.2) is 0 Å². The second-order valence-corrected chi connectivity index (χ2v) is 16.1. The maximum Gasteiger partial charge on any atom is 0.267 e. The van der Waals surface area contributed by atoms with Crippen LogP contribution in [-0.4, -0.2) is 39.4 Å². The molecule has 0 saturated carbocycles. The molecule has 0 aliphatic rings. The van der Waals surface area contributed by atoms with E-state index in [9.17, 15) is 9.46 Å². The zero-order chi connectivity index (χ0) is 25.3. The molecule has 0 rings (SSSR count). The Kier molecular flexibility index (Phi) is 27.7. The van der Waals surface area contributed by atoms with Crippen molar-refractivity contribution in [2.75, 3.05) is 39.4 Å². The SMILES string of the molecule is CCCCCCCC[P+](C)(CCCCCCCC)CCCCCCCC.COP(=O)([O-])OC. The molecule has 33 heavy (non-hydrogen) atoms. The number of phosphoric ester groups is 1. The molecule has 0 unspecified atom stereocenters. The topological polar surface area (TPSA) is 58.6 Å². The lowest BCUT2D eigenvalue weighted by Gasteiger charge is -2.24. The van der Waals surface area contributed by atoms with E-state index in [0.29, 0.717) is 0 Å². The molecular formula is C27H60O4P2. The highest BCUT2D eigenvalue weighted by molar-refractivity contribution is 7.75. The molecule has 0 aliphatic heterocycles. The lowest BCUT2D eigenvalue weighted by molar-refractivity contribution is -0.220. The Labute approximate surface area is 209 Å². The van der Waals surface area contributed by atoms with Gasteiger partial charge in [-0.2, -0.15) is 0 Å². The van der Waals surface area contributed by atoms with E-state index in [2.05, 4.69) is 36.5 Å². The highest BCUT2D eigenvalue weighted by atomic mass is 31.2. The Hall–Kier alpha value is 0.540. The van der Waals surface area contributed by atoms with E-state index in [4.69, 9.17) is 0 Å². The third kappa shape index (κ3) is 27.0. The fourth-order valence-corrected chi connectivity index (χ4v) is 8.01. The highest BCUT2D eigenvalue weighted by Gasteiger charge is 2.29. The third-order valence-electron chi connectivity index (χ3n) is 6.60. The van der Waals surface area contributed by atoms with Crippen molar-refractivity contribution < 1.29 is 18.5 Å². The first-order valence-electron chi connectivity index (χ1n) is 14.1. The van der Waals surface area contributed by atoms with Gasteiger partial charge in [0, 0.05) is 28.1 Å². The normalized spacial score (nSPS) is 12.0. The summed E-state index contributed by atoms with van der Waals surface area (Å²) >= 11 is 0. The van der Waals surface area contributed by atoms with Gasteiger partial charge in [-0.3, -0.25) is 4.57 Å². The van der Waals surface area contributed by atoms with Gasteiger partial charge in [0.25, 0.3) is 7.82 Å². The smallest absolute Gasteiger partial charge is 0.267 e. The summed E-state index contributed by atoms with van der Waals surface area (Å²) in [5.41, 5.74) is 0. The van der Waals surface area contributed by atoms with Gasteiger partial charge < -0.3 is 13.9 Å². The minimum absolute atomic E-state index is 0.636. The van der Waals surface area contributed by atoms with Gasteiger partial charge >= 0.3 is 0 Å². The van der Waals surface area contributed by atoms with Gasteiger partial charge in [0.05, 0.1) is 18.5 Å². The molecule has 0 N–H and O–H groups in total. The maximum absolute atomic E-state index is 9.95. The van der Waals surface area contributed by atoms with E-state index in [0.717, 1.165) is 14.2 Å². The zero-order valence-electron chi connectivity index (χ0n) is 23.4. The standard InChI is InChI=1S/C25H54P.C2H7O4P/c1-5-8-11-14-17-20-23-26(4,24-21-18-15-12-9-6-2)25-22-19-16-13-10-7-3;1-5-7(3,4)6-2/h5-25H2,1-4H3;1-2H3,(H,3,4)/q+1;/p-1. The van der Waals surface area contributed by atoms with Gasteiger partial charge in [-0.05, 0) is 38.5 Å². The molecule has 0 heterocycles. The molecule has 6 heteroatoms. The zero-order valence-corrected chi connectivity index (χ0v) is 25.2. The van der Waals surface area contributed by atoms with Crippen LogP contribution in [0.4, 0.5) is 0 Å². The van der Waals surface area contributed by atoms with Crippen LogP contribution in [0, 0.1) is 0 Å². The van der Waals surface area contributed by atoms with Gasteiger partial charge in [0.2, 0.25) is 0 Å². The fraction of sp³-hybridized carbons (Fsp3) is 1.00. The molecule has 4 nitrogen and oxygen atoms in total. The molecule has 0 aliphatic carbocycles. The first-order valence-corrected chi connectivity index (χ1v) is 18.3. The average Bonchev–Trinajstić information content (AvgIpc) is 2.81.